The van der Waals surface area contributed by atoms with Gasteiger partial charge in [-0.2, -0.15) is 0 Å². The topological polar surface area (TPSA) is 27.3 Å². The summed E-state index contributed by atoms with van der Waals surface area (Å²) in [6, 6.07) is 0. The van der Waals surface area contributed by atoms with E-state index in [1.807, 2.05) is 6.20 Å². The van der Waals surface area contributed by atoms with E-state index in [0.717, 1.165) is 12.4 Å². The summed E-state index contributed by atoms with van der Waals surface area (Å²) in [5, 5.41) is 3.23. The zero-order chi connectivity index (χ0) is 6.10. The molecule has 0 aromatic heterocycles. The quantitative estimate of drug-likeness (QED) is 0.463. The third kappa shape index (κ3) is 0.881. The van der Waals surface area contributed by atoms with Gasteiger partial charge in [0.25, 0.3) is 0 Å². The Kier molecular flexibility index (Phi) is 1.28. The molecule has 2 heterocycles. The molecular formula is C5H9N3S. The van der Waals surface area contributed by atoms with Crippen molar-refractivity contribution in [2.45, 2.75) is 6.17 Å². The lowest BCUT2D eigenvalue weighted by molar-refractivity contribution is 0.309. The van der Waals surface area contributed by atoms with E-state index >= 15 is 0 Å². The van der Waals surface area contributed by atoms with Crippen molar-refractivity contribution in [3.63, 3.8) is 0 Å². The highest BCUT2D eigenvalue weighted by Gasteiger charge is 2.21. The molecule has 0 spiro atoms. The Labute approximate surface area is 58.6 Å². The van der Waals surface area contributed by atoms with E-state index in [2.05, 4.69) is 21.1 Å². The predicted octanol–water partition coefficient (Wildman–Crippen LogP) is -0.102. The molecule has 1 atom stereocenters. The van der Waals surface area contributed by atoms with Crippen LogP contribution in [0, 0.1) is 0 Å². The van der Waals surface area contributed by atoms with Crippen LogP contribution in [0.25, 0.3) is 0 Å². The number of rotatable bonds is 0. The molecule has 0 aromatic carbocycles. The molecule has 1 unspecified atom stereocenters. The molecule has 0 saturated carbocycles. The van der Waals surface area contributed by atoms with Crippen LogP contribution < -0.4 is 10.0 Å². The van der Waals surface area contributed by atoms with Crippen LogP contribution in [0.2, 0.25) is 0 Å². The van der Waals surface area contributed by atoms with Gasteiger partial charge < -0.3 is 10.2 Å². The minimum absolute atomic E-state index is 0.506. The van der Waals surface area contributed by atoms with E-state index < -0.39 is 0 Å². The summed E-state index contributed by atoms with van der Waals surface area (Å²) in [4.78, 5) is 2.28. The highest BCUT2D eigenvalue weighted by molar-refractivity contribution is 7.97. The first-order valence-corrected chi connectivity index (χ1v) is 3.98. The number of hydrogen-bond donors (Lipinski definition) is 2. The minimum atomic E-state index is 0.506. The molecule has 1 fully saturated rings. The second kappa shape index (κ2) is 2.11. The van der Waals surface area contributed by atoms with Crippen LogP contribution in [0.4, 0.5) is 0 Å². The molecule has 2 aliphatic rings. The van der Waals surface area contributed by atoms with Crippen LogP contribution in [0.5, 0.6) is 0 Å². The summed E-state index contributed by atoms with van der Waals surface area (Å²) in [5.74, 6) is 1.05. The Balaban J connectivity index is 2.03. The van der Waals surface area contributed by atoms with Gasteiger partial charge in [0.2, 0.25) is 0 Å². The normalized spacial score (nSPS) is 32.0. The number of hydrogen-bond acceptors (Lipinski definition) is 4. The van der Waals surface area contributed by atoms with E-state index in [-0.39, 0.29) is 0 Å². The molecule has 0 aromatic rings. The SMILES string of the molecule is C1=CN2CSNCC2N1. The maximum absolute atomic E-state index is 3.23. The maximum atomic E-state index is 3.23. The fraction of sp³-hybridized carbons (Fsp3) is 0.600. The van der Waals surface area contributed by atoms with Gasteiger partial charge in [0, 0.05) is 18.9 Å². The summed E-state index contributed by atoms with van der Waals surface area (Å²) in [6.07, 6.45) is 4.60. The molecule has 2 N–H and O–H groups in total. The van der Waals surface area contributed by atoms with Crippen LogP contribution in [0.3, 0.4) is 0 Å². The summed E-state index contributed by atoms with van der Waals surface area (Å²) in [7, 11) is 0. The highest BCUT2D eigenvalue weighted by atomic mass is 32.2. The van der Waals surface area contributed by atoms with Crippen LogP contribution in [0.15, 0.2) is 12.4 Å². The first-order chi connectivity index (χ1) is 4.47. The van der Waals surface area contributed by atoms with Crippen molar-refractivity contribution in [2.75, 3.05) is 12.4 Å². The van der Waals surface area contributed by atoms with Gasteiger partial charge in [0.05, 0.1) is 5.88 Å². The average Bonchev–Trinajstić information content (AvgIpc) is 2.33. The van der Waals surface area contributed by atoms with Crippen LogP contribution >= 0.6 is 11.9 Å². The number of nitrogens with zero attached hydrogens (tertiary/aromatic N) is 1. The standard InChI is InChI=1S/C5H9N3S/c1-2-8-4-9-7-3-5(8)6-1/h1-2,5-7H,3-4H2. The number of nitrogens with one attached hydrogen (secondary N) is 2. The molecular weight excluding hydrogens is 134 g/mol. The van der Waals surface area contributed by atoms with Crippen molar-refractivity contribution in [1.29, 1.82) is 0 Å². The van der Waals surface area contributed by atoms with Gasteiger partial charge in [-0.25, -0.2) is 0 Å². The lowest BCUT2D eigenvalue weighted by Crippen LogP contribution is -2.46. The zero-order valence-electron chi connectivity index (χ0n) is 5.00. The van der Waals surface area contributed by atoms with E-state index in [0.29, 0.717) is 6.17 Å². The smallest absolute Gasteiger partial charge is 0.113 e. The van der Waals surface area contributed by atoms with Crippen LogP contribution in [-0.2, 0) is 0 Å². The molecule has 0 aliphatic carbocycles. The average molecular weight is 143 g/mol. The molecule has 3 nitrogen and oxygen atoms in total. The highest BCUT2D eigenvalue weighted by Crippen LogP contribution is 2.13. The van der Waals surface area contributed by atoms with Crippen LogP contribution in [-0.4, -0.2) is 23.5 Å². The van der Waals surface area contributed by atoms with Gasteiger partial charge in [-0.3, -0.25) is 4.72 Å². The van der Waals surface area contributed by atoms with Gasteiger partial charge in [-0.1, -0.05) is 11.9 Å². The fourth-order valence-electron chi connectivity index (χ4n) is 1.02. The first kappa shape index (κ1) is 5.44. The number of fused-ring (bicyclic) bond motifs is 1. The Hall–Kier alpha value is -0.350. The van der Waals surface area contributed by atoms with Gasteiger partial charge in [-0.15, -0.1) is 0 Å². The second-order valence-corrected chi connectivity index (χ2v) is 2.97. The van der Waals surface area contributed by atoms with Crippen molar-refractivity contribution < 1.29 is 0 Å². The molecule has 0 amide bonds. The molecule has 9 heavy (non-hydrogen) atoms. The van der Waals surface area contributed by atoms with E-state index in [1.165, 1.54) is 0 Å². The Morgan fingerprint density at radius 2 is 2.67 bits per heavy atom. The van der Waals surface area contributed by atoms with Crippen molar-refractivity contribution in [2.24, 2.45) is 0 Å². The molecule has 2 aliphatic heterocycles. The molecule has 1 saturated heterocycles. The predicted molar refractivity (Wildman–Crippen MR) is 38.4 cm³/mol. The lowest BCUT2D eigenvalue weighted by Gasteiger charge is -2.29. The van der Waals surface area contributed by atoms with E-state index in [9.17, 15) is 0 Å². The third-order valence-electron chi connectivity index (χ3n) is 1.55. The Morgan fingerprint density at radius 1 is 1.67 bits per heavy atom. The largest absolute Gasteiger partial charge is 0.369 e. The Bertz CT molecular complexity index is 136. The monoisotopic (exact) mass is 143 g/mol. The van der Waals surface area contributed by atoms with Gasteiger partial charge in [0.1, 0.15) is 6.17 Å². The van der Waals surface area contributed by atoms with E-state index in [4.69, 9.17) is 0 Å². The molecule has 4 heteroatoms. The van der Waals surface area contributed by atoms with Crippen molar-refractivity contribution >= 4 is 11.9 Å². The fourth-order valence-corrected chi connectivity index (χ4v) is 1.80. The lowest BCUT2D eigenvalue weighted by atomic mass is 10.5. The van der Waals surface area contributed by atoms with Crippen molar-refractivity contribution in [3.8, 4) is 0 Å². The van der Waals surface area contributed by atoms with Crippen molar-refractivity contribution in [1.82, 2.24) is 14.9 Å². The first-order valence-electron chi connectivity index (χ1n) is 3.00. The van der Waals surface area contributed by atoms with Gasteiger partial charge >= 0.3 is 0 Å². The minimum Gasteiger partial charge on any atom is -0.369 e. The zero-order valence-corrected chi connectivity index (χ0v) is 5.82. The summed E-state index contributed by atoms with van der Waals surface area (Å²) in [6.45, 7) is 1.03. The molecule has 2 rings (SSSR count). The van der Waals surface area contributed by atoms with Gasteiger partial charge in [0.15, 0.2) is 0 Å². The summed E-state index contributed by atoms with van der Waals surface area (Å²) >= 11 is 1.76. The second-order valence-electron chi connectivity index (χ2n) is 2.13. The third-order valence-corrected chi connectivity index (χ3v) is 2.35. The maximum Gasteiger partial charge on any atom is 0.113 e. The molecule has 0 radical (unpaired) electrons. The summed E-state index contributed by atoms with van der Waals surface area (Å²) < 4.78 is 3.23. The van der Waals surface area contributed by atoms with E-state index in [1.54, 1.807) is 11.9 Å². The van der Waals surface area contributed by atoms with Crippen molar-refractivity contribution in [3.05, 3.63) is 12.4 Å². The van der Waals surface area contributed by atoms with Gasteiger partial charge in [-0.05, 0) is 0 Å². The molecule has 50 valence electrons. The Morgan fingerprint density at radius 3 is 3.56 bits per heavy atom. The van der Waals surface area contributed by atoms with Crippen LogP contribution in [0.1, 0.15) is 0 Å². The summed E-state index contributed by atoms with van der Waals surface area (Å²) in [5.41, 5.74) is 0. The molecule has 0 bridgehead atoms.